The lowest BCUT2D eigenvalue weighted by Gasteiger charge is -2.21. The quantitative estimate of drug-likeness (QED) is 0.481. The fraction of sp³-hybridized carbons (Fsp3) is 0.412. The summed E-state index contributed by atoms with van der Waals surface area (Å²) >= 11 is 1.67. The van der Waals surface area contributed by atoms with E-state index in [1.807, 2.05) is 44.3 Å². The van der Waals surface area contributed by atoms with Gasteiger partial charge in [0.05, 0.1) is 23.8 Å². The van der Waals surface area contributed by atoms with Crippen LogP contribution in [-0.4, -0.2) is 42.6 Å². The molecular weight excluding hydrogens is 308 g/mol. The van der Waals surface area contributed by atoms with Crippen LogP contribution < -0.4 is 10.1 Å². The Morgan fingerprint density at radius 2 is 2.13 bits per heavy atom. The maximum atomic E-state index is 5.67. The van der Waals surface area contributed by atoms with E-state index in [1.54, 1.807) is 11.3 Å². The van der Waals surface area contributed by atoms with Crippen molar-refractivity contribution in [2.45, 2.75) is 20.4 Å². The number of hydrogen-bond acceptors (Lipinski definition) is 4. The molecular formula is C17H24N4OS. The zero-order valence-corrected chi connectivity index (χ0v) is 14.8. The van der Waals surface area contributed by atoms with Gasteiger partial charge in [-0.15, -0.1) is 11.3 Å². The number of hydrogen-bond donors (Lipinski definition) is 1. The third-order valence-electron chi connectivity index (χ3n) is 3.13. The SMILES string of the molecule is CCNC(=NCCOc1ccccc1)N(C)Cc1csc(C)n1. The molecule has 6 heteroatoms. The van der Waals surface area contributed by atoms with Gasteiger partial charge in [-0.1, -0.05) is 18.2 Å². The second-order valence-electron chi connectivity index (χ2n) is 5.11. The van der Waals surface area contributed by atoms with Crippen molar-refractivity contribution in [1.29, 1.82) is 0 Å². The highest BCUT2D eigenvalue weighted by molar-refractivity contribution is 7.09. The van der Waals surface area contributed by atoms with Crippen molar-refractivity contribution in [3.05, 3.63) is 46.4 Å². The second kappa shape index (κ2) is 9.15. The van der Waals surface area contributed by atoms with Crippen LogP contribution in [0, 0.1) is 6.92 Å². The summed E-state index contributed by atoms with van der Waals surface area (Å²) in [6, 6.07) is 9.80. The van der Waals surface area contributed by atoms with Gasteiger partial charge in [-0.2, -0.15) is 0 Å². The molecule has 0 fully saturated rings. The Morgan fingerprint density at radius 1 is 1.35 bits per heavy atom. The van der Waals surface area contributed by atoms with Crippen molar-refractivity contribution in [1.82, 2.24) is 15.2 Å². The topological polar surface area (TPSA) is 49.8 Å². The highest BCUT2D eigenvalue weighted by Gasteiger charge is 2.08. The molecule has 0 spiro atoms. The molecule has 0 unspecified atom stereocenters. The number of aliphatic imine (C=N–C) groups is 1. The summed E-state index contributed by atoms with van der Waals surface area (Å²) in [5.74, 6) is 1.74. The lowest BCUT2D eigenvalue weighted by atomic mass is 10.3. The number of para-hydroxylation sites is 1. The second-order valence-corrected chi connectivity index (χ2v) is 6.17. The minimum atomic E-state index is 0.558. The van der Waals surface area contributed by atoms with E-state index in [0.29, 0.717) is 13.2 Å². The predicted molar refractivity (Wildman–Crippen MR) is 96.2 cm³/mol. The molecule has 1 heterocycles. The number of ether oxygens (including phenoxy) is 1. The summed E-state index contributed by atoms with van der Waals surface area (Å²) in [6.45, 7) is 6.83. The Morgan fingerprint density at radius 3 is 2.78 bits per heavy atom. The molecule has 0 bridgehead atoms. The Balaban J connectivity index is 1.85. The van der Waals surface area contributed by atoms with Crippen LogP contribution in [-0.2, 0) is 6.54 Å². The van der Waals surface area contributed by atoms with E-state index >= 15 is 0 Å². The average Bonchev–Trinajstić information content (AvgIpc) is 2.96. The third-order valence-corrected chi connectivity index (χ3v) is 3.95. The van der Waals surface area contributed by atoms with Gasteiger partial charge in [0.1, 0.15) is 12.4 Å². The van der Waals surface area contributed by atoms with Crippen LogP contribution in [0.4, 0.5) is 0 Å². The fourth-order valence-corrected chi connectivity index (χ4v) is 2.70. The van der Waals surface area contributed by atoms with Crippen molar-refractivity contribution in [3.63, 3.8) is 0 Å². The highest BCUT2D eigenvalue weighted by Crippen LogP contribution is 2.10. The minimum absolute atomic E-state index is 0.558. The normalized spacial score (nSPS) is 11.3. The number of guanidine groups is 1. The first kappa shape index (κ1) is 17.3. The largest absolute Gasteiger partial charge is 0.492 e. The first-order chi connectivity index (χ1) is 11.2. The van der Waals surface area contributed by atoms with Gasteiger partial charge in [-0.05, 0) is 26.0 Å². The Labute approximate surface area is 142 Å². The smallest absolute Gasteiger partial charge is 0.194 e. The minimum Gasteiger partial charge on any atom is -0.492 e. The highest BCUT2D eigenvalue weighted by atomic mass is 32.1. The molecule has 0 aliphatic heterocycles. The van der Waals surface area contributed by atoms with Gasteiger partial charge in [0.25, 0.3) is 0 Å². The predicted octanol–water partition coefficient (Wildman–Crippen LogP) is 2.93. The zero-order chi connectivity index (χ0) is 16.5. The number of thiazole rings is 1. The van der Waals surface area contributed by atoms with Gasteiger partial charge in [-0.25, -0.2) is 9.98 Å². The summed E-state index contributed by atoms with van der Waals surface area (Å²) < 4.78 is 5.67. The van der Waals surface area contributed by atoms with Gasteiger partial charge in [0.2, 0.25) is 0 Å². The first-order valence-corrected chi connectivity index (χ1v) is 8.65. The monoisotopic (exact) mass is 332 g/mol. The van der Waals surface area contributed by atoms with Gasteiger partial charge < -0.3 is 15.0 Å². The van der Waals surface area contributed by atoms with E-state index in [9.17, 15) is 0 Å². The maximum Gasteiger partial charge on any atom is 0.194 e. The van der Waals surface area contributed by atoms with E-state index in [1.165, 1.54) is 0 Å². The van der Waals surface area contributed by atoms with Crippen LogP contribution in [0.1, 0.15) is 17.6 Å². The Bertz CT molecular complexity index is 612. The molecule has 124 valence electrons. The molecule has 0 aliphatic rings. The maximum absolute atomic E-state index is 5.67. The third kappa shape index (κ3) is 5.90. The summed E-state index contributed by atoms with van der Waals surface area (Å²) in [7, 11) is 2.02. The van der Waals surface area contributed by atoms with Crippen molar-refractivity contribution < 1.29 is 4.74 Å². The average molecular weight is 332 g/mol. The molecule has 2 aromatic rings. The van der Waals surface area contributed by atoms with Crippen LogP contribution in [0.2, 0.25) is 0 Å². The zero-order valence-electron chi connectivity index (χ0n) is 14.0. The van der Waals surface area contributed by atoms with Gasteiger partial charge in [0.15, 0.2) is 5.96 Å². The van der Waals surface area contributed by atoms with Crippen molar-refractivity contribution in [3.8, 4) is 5.75 Å². The van der Waals surface area contributed by atoms with Crippen molar-refractivity contribution in [2.24, 2.45) is 4.99 Å². The number of aromatic nitrogens is 1. The summed E-state index contributed by atoms with van der Waals surface area (Å²) in [4.78, 5) is 11.2. The standard InChI is InChI=1S/C17H24N4OS/c1-4-18-17(21(3)12-15-13-23-14(2)20-15)19-10-11-22-16-8-6-5-7-9-16/h5-9,13H,4,10-12H2,1-3H3,(H,18,19). The fourth-order valence-electron chi connectivity index (χ4n) is 2.10. The van der Waals surface area contributed by atoms with Crippen LogP contribution in [0.25, 0.3) is 0 Å². The van der Waals surface area contributed by atoms with E-state index < -0.39 is 0 Å². The summed E-state index contributed by atoms with van der Waals surface area (Å²) in [6.07, 6.45) is 0. The molecule has 23 heavy (non-hydrogen) atoms. The summed E-state index contributed by atoms with van der Waals surface area (Å²) in [5, 5.41) is 6.48. The van der Waals surface area contributed by atoms with Crippen LogP contribution in [0.5, 0.6) is 5.75 Å². The molecule has 2 rings (SSSR count). The Hall–Kier alpha value is -2.08. The van der Waals surface area contributed by atoms with Gasteiger partial charge in [-0.3, -0.25) is 0 Å². The molecule has 1 aromatic heterocycles. The number of aryl methyl sites for hydroxylation is 1. The Kier molecular flexibility index (Phi) is 6.87. The molecule has 1 aromatic carbocycles. The van der Waals surface area contributed by atoms with E-state index in [2.05, 4.69) is 32.5 Å². The first-order valence-electron chi connectivity index (χ1n) is 7.77. The number of rotatable bonds is 7. The number of nitrogens with one attached hydrogen (secondary N) is 1. The summed E-state index contributed by atoms with van der Waals surface area (Å²) in [5.41, 5.74) is 1.07. The van der Waals surface area contributed by atoms with E-state index in [0.717, 1.165) is 35.5 Å². The van der Waals surface area contributed by atoms with E-state index in [-0.39, 0.29) is 0 Å². The van der Waals surface area contributed by atoms with Crippen LogP contribution in [0.3, 0.4) is 0 Å². The van der Waals surface area contributed by atoms with Crippen molar-refractivity contribution in [2.75, 3.05) is 26.7 Å². The lowest BCUT2D eigenvalue weighted by Crippen LogP contribution is -2.38. The molecule has 0 saturated heterocycles. The van der Waals surface area contributed by atoms with Crippen molar-refractivity contribution >= 4 is 17.3 Å². The molecule has 0 radical (unpaired) electrons. The van der Waals surface area contributed by atoms with Crippen LogP contribution in [0.15, 0.2) is 40.7 Å². The van der Waals surface area contributed by atoms with Crippen LogP contribution >= 0.6 is 11.3 Å². The van der Waals surface area contributed by atoms with Gasteiger partial charge in [0, 0.05) is 19.0 Å². The lowest BCUT2D eigenvalue weighted by molar-refractivity contribution is 0.327. The molecule has 0 aliphatic carbocycles. The number of benzene rings is 1. The van der Waals surface area contributed by atoms with E-state index in [4.69, 9.17) is 4.74 Å². The molecule has 1 N–H and O–H groups in total. The molecule has 5 nitrogen and oxygen atoms in total. The molecule has 0 saturated carbocycles. The van der Waals surface area contributed by atoms with Gasteiger partial charge >= 0.3 is 0 Å². The molecule has 0 amide bonds. The molecule has 0 atom stereocenters. The number of nitrogens with zero attached hydrogens (tertiary/aromatic N) is 3.